The normalized spacial score (nSPS) is 14.5. The highest BCUT2D eigenvalue weighted by Crippen LogP contribution is 2.37. The summed E-state index contributed by atoms with van der Waals surface area (Å²) in [6.45, 7) is 3.80. The van der Waals surface area contributed by atoms with E-state index in [9.17, 15) is 9.59 Å². The molecule has 0 bridgehead atoms. The van der Waals surface area contributed by atoms with Gasteiger partial charge in [0.2, 0.25) is 0 Å². The summed E-state index contributed by atoms with van der Waals surface area (Å²) in [7, 11) is 0. The zero-order chi connectivity index (χ0) is 25.1. The van der Waals surface area contributed by atoms with E-state index in [0.29, 0.717) is 30.7 Å². The van der Waals surface area contributed by atoms with E-state index in [-0.39, 0.29) is 18.4 Å². The number of benzene rings is 3. The Balaban J connectivity index is 1.38. The van der Waals surface area contributed by atoms with Crippen molar-refractivity contribution >= 4 is 80.8 Å². The number of hydrogen-bond acceptors (Lipinski definition) is 5. The number of thioether (sulfide) groups is 1. The molecule has 1 aliphatic heterocycles. The molecule has 4 rings (SSSR count). The highest BCUT2D eigenvalue weighted by molar-refractivity contribution is 8.27. The van der Waals surface area contributed by atoms with Crippen molar-refractivity contribution in [3.8, 4) is 5.75 Å². The second-order valence-electron chi connectivity index (χ2n) is 7.84. The maximum atomic E-state index is 13.1. The van der Waals surface area contributed by atoms with Gasteiger partial charge in [-0.15, -0.1) is 0 Å². The average Bonchev–Trinajstić information content (AvgIpc) is 3.08. The van der Waals surface area contributed by atoms with Crippen LogP contribution >= 0.6 is 47.2 Å². The fourth-order valence-corrected chi connectivity index (χ4v) is 5.05. The Labute approximate surface area is 223 Å². The van der Waals surface area contributed by atoms with Crippen molar-refractivity contribution in [1.29, 1.82) is 0 Å². The number of nitrogens with zero attached hydrogens (tertiary/aromatic N) is 1. The van der Waals surface area contributed by atoms with Gasteiger partial charge in [-0.3, -0.25) is 14.5 Å². The number of halogens is 2. The first-order valence-corrected chi connectivity index (χ1v) is 12.5. The fourth-order valence-electron chi connectivity index (χ4n) is 3.46. The van der Waals surface area contributed by atoms with E-state index in [2.05, 4.69) is 5.32 Å². The highest BCUT2D eigenvalue weighted by Gasteiger charge is 2.34. The van der Waals surface area contributed by atoms with Crippen molar-refractivity contribution in [3.63, 3.8) is 0 Å². The van der Waals surface area contributed by atoms with Crippen LogP contribution in [0.15, 0.2) is 65.6 Å². The van der Waals surface area contributed by atoms with E-state index in [1.165, 1.54) is 11.8 Å². The number of hydrogen-bond donors (Lipinski definition) is 1. The number of carbonyl (C=O) groups is 2. The van der Waals surface area contributed by atoms with Gasteiger partial charge in [-0.2, -0.15) is 0 Å². The largest absolute Gasteiger partial charge is 0.484 e. The Kier molecular flexibility index (Phi) is 7.82. The fraction of sp³-hybridized carbons (Fsp3) is 0.115. The number of aryl methyl sites for hydroxylation is 2. The molecule has 1 N–H and O–H groups in total. The van der Waals surface area contributed by atoms with Gasteiger partial charge in [0.1, 0.15) is 5.75 Å². The first-order valence-electron chi connectivity index (χ1n) is 10.5. The molecule has 0 aromatic heterocycles. The molecule has 3 aromatic rings. The van der Waals surface area contributed by atoms with Gasteiger partial charge in [-0.1, -0.05) is 77.0 Å². The monoisotopic (exact) mass is 542 g/mol. The van der Waals surface area contributed by atoms with E-state index in [1.807, 2.05) is 44.2 Å². The zero-order valence-corrected chi connectivity index (χ0v) is 21.9. The lowest BCUT2D eigenvalue weighted by molar-refractivity contribution is -0.118. The molecule has 0 aliphatic carbocycles. The molecule has 0 radical (unpaired) electrons. The third-order valence-electron chi connectivity index (χ3n) is 5.14. The van der Waals surface area contributed by atoms with Crippen molar-refractivity contribution in [3.05, 3.63) is 92.3 Å². The minimum atomic E-state index is -0.331. The quantitative estimate of drug-likeness (QED) is 0.267. The smallest absolute Gasteiger partial charge is 0.270 e. The summed E-state index contributed by atoms with van der Waals surface area (Å²) in [5.74, 6) is 0.0445. The lowest BCUT2D eigenvalue weighted by Crippen LogP contribution is -2.28. The summed E-state index contributed by atoms with van der Waals surface area (Å²) in [5, 5.41) is 3.46. The molecule has 0 spiro atoms. The van der Waals surface area contributed by atoms with Crippen molar-refractivity contribution < 1.29 is 14.3 Å². The van der Waals surface area contributed by atoms with E-state index >= 15 is 0 Å². The molecule has 1 saturated heterocycles. The molecule has 0 unspecified atom stereocenters. The number of carbonyl (C=O) groups excluding carboxylic acids is 2. The Morgan fingerprint density at radius 1 is 1.06 bits per heavy atom. The van der Waals surface area contributed by atoms with Crippen LogP contribution in [0.5, 0.6) is 5.75 Å². The molecule has 1 heterocycles. The van der Waals surface area contributed by atoms with Gasteiger partial charge in [0.25, 0.3) is 11.8 Å². The van der Waals surface area contributed by atoms with Gasteiger partial charge in [0.15, 0.2) is 10.9 Å². The van der Waals surface area contributed by atoms with Gasteiger partial charge in [0, 0.05) is 5.69 Å². The van der Waals surface area contributed by atoms with Crippen LogP contribution in [0.1, 0.15) is 16.7 Å². The van der Waals surface area contributed by atoms with Crippen LogP contribution in [-0.2, 0) is 9.59 Å². The summed E-state index contributed by atoms with van der Waals surface area (Å²) >= 11 is 18.6. The third kappa shape index (κ3) is 6.05. The minimum Gasteiger partial charge on any atom is -0.484 e. The van der Waals surface area contributed by atoms with Crippen molar-refractivity contribution in [2.75, 3.05) is 16.8 Å². The maximum absolute atomic E-state index is 13.1. The van der Waals surface area contributed by atoms with Gasteiger partial charge in [0.05, 0.1) is 20.6 Å². The number of nitrogens with one attached hydrogen (secondary N) is 1. The number of anilines is 2. The summed E-state index contributed by atoms with van der Waals surface area (Å²) in [5.41, 5.74) is 4.26. The van der Waals surface area contributed by atoms with E-state index in [4.69, 9.17) is 40.2 Å². The molecule has 35 heavy (non-hydrogen) atoms. The topological polar surface area (TPSA) is 58.6 Å². The highest BCUT2D eigenvalue weighted by atomic mass is 35.5. The lowest BCUT2D eigenvalue weighted by atomic mass is 10.1. The first-order chi connectivity index (χ1) is 16.7. The summed E-state index contributed by atoms with van der Waals surface area (Å²) in [6.07, 6.45) is 1.80. The molecule has 0 saturated carbocycles. The first kappa shape index (κ1) is 25.3. The van der Waals surface area contributed by atoms with Crippen molar-refractivity contribution in [2.45, 2.75) is 13.8 Å². The van der Waals surface area contributed by atoms with Crippen LogP contribution in [0, 0.1) is 13.8 Å². The maximum Gasteiger partial charge on any atom is 0.270 e. The van der Waals surface area contributed by atoms with Crippen molar-refractivity contribution in [1.82, 2.24) is 0 Å². The Morgan fingerprint density at radius 3 is 2.49 bits per heavy atom. The van der Waals surface area contributed by atoms with Crippen LogP contribution < -0.4 is 15.0 Å². The Hall–Kier alpha value is -2.84. The molecule has 0 atom stereocenters. The predicted octanol–water partition coefficient (Wildman–Crippen LogP) is 7.03. The van der Waals surface area contributed by atoms with Gasteiger partial charge in [-0.25, -0.2) is 0 Å². The Morgan fingerprint density at radius 2 is 1.80 bits per heavy atom. The Bertz CT molecular complexity index is 1360. The zero-order valence-electron chi connectivity index (χ0n) is 18.8. The van der Waals surface area contributed by atoms with Crippen LogP contribution in [0.4, 0.5) is 11.4 Å². The summed E-state index contributed by atoms with van der Waals surface area (Å²) in [6, 6.07) is 17.9. The summed E-state index contributed by atoms with van der Waals surface area (Å²) in [4.78, 5) is 27.3. The number of amides is 2. The SMILES string of the molecule is Cc1ccc(N2C(=O)/C(=C/c3ccc(OCC(=O)Nc4ccc(Cl)c(Cl)c4)cc3)SC2=S)c(C)c1. The second-order valence-corrected chi connectivity index (χ2v) is 10.3. The summed E-state index contributed by atoms with van der Waals surface area (Å²) < 4.78 is 6.06. The van der Waals surface area contributed by atoms with Crippen LogP contribution in [0.2, 0.25) is 10.0 Å². The lowest BCUT2D eigenvalue weighted by Gasteiger charge is -2.17. The van der Waals surface area contributed by atoms with Crippen molar-refractivity contribution in [2.24, 2.45) is 0 Å². The number of rotatable bonds is 6. The minimum absolute atomic E-state index is 0.147. The standard InChI is InChI=1S/C26H20Cl2N2O3S2/c1-15-3-10-22(16(2)11-15)30-25(32)23(35-26(30)34)12-17-4-7-19(8-5-17)33-14-24(31)29-18-6-9-20(27)21(28)13-18/h3-13H,14H2,1-2H3,(H,29,31)/b23-12-. The van der Waals surface area contributed by atoms with E-state index < -0.39 is 0 Å². The van der Waals surface area contributed by atoms with Gasteiger partial charge in [-0.05, 0) is 67.4 Å². The average molecular weight is 543 g/mol. The molecule has 1 aliphatic rings. The molecule has 1 fully saturated rings. The van der Waals surface area contributed by atoms with Crippen LogP contribution in [0.25, 0.3) is 6.08 Å². The van der Waals surface area contributed by atoms with Gasteiger partial charge < -0.3 is 10.1 Å². The third-order valence-corrected chi connectivity index (χ3v) is 7.18. The van der Waals surface area contributed by atoms with Gasteiger partial charge >= 0.3 is 0 Å². The van der Waals surface area contributed by atoms with E-state index in [1.54, 1.807) is 41.3 Å². The molecular formula is C26H20Cl2N2O3S2. The molecule has 9 heteroatoms. The van der Waals surface area contributed by atoms with Crippen LogP contribution in [0.3, 0.4) is 0 Å². The molecular weight excluding hydrogens is 523 g/mol. The second kappa shape index (κ2) is 10.8. The predicted molar refractivity (Wildman–Crippen MR) is 149 cm³/mol. The molecule has 3 aromatic carbocycles. The van der Waals surface area contributed by atoms with Crippen LogP contribution in [-0.4, -0.2) is 22.7 Å². The number of ether oxygens (including phenoxy) is 1. The van der Waals surface area contributed by atoms with E-state index in [0.717, 1.165) is 22.4 Å². The number of thiocarbonyl (C=S) groups is 1. The molecule has 5 nitrogen and oxygen atoms in total. The molecule has 178 valence electrons. The molecule has 2 amide bonds.